The number of imidazole rings is 1. The Balaban J connectivity index is 1.59. The number of hydrogen-bond donors (Lipinski definition) is 3. The SMILES string of the molecule is O=C(NC=Nc1cccc(NCCc2cnc[nH]2)c1F)c1cccc(Cl)c1. The molecule has 0 unspecified atom stereocenters. The fraction of sp³-hybridized carbons (Fsp3) is 0.105. The number of nitrogens with one attached hydrogen (secondary N) is 3. The number of rotatable bonds is 7. The summed E-state index contributed by atoms with van der Waals surface area (Å²) in [7, 11) is 0. The van der Waals surface area contributed by atoms with E-state index in [4.69, 9.17) is 11.6 Å². The van der Waals surface area contributed by atoms with Crippen LogP contribution in [0.4, 0.5) is 15.8 Å². The number of aromatic nitrogens is 2. The standard InChI is InChI=1S/C19H17ClFN5O/c20-14-4-1-3-13(9-14)19(27)26-12-25-17-6-2-5-16(18(17)21)23-8-7-15-10-22-11-24-15/h1-6,9-12,23H,7-8H2,(H,22,24)(H,25,26,27). The summed E-state index contributed by atoms with van der Waals surface area (Å²) in [5.74, 6) is -0.870. The van der Waals surface area contributed by atoms with Crippen molar-refractivity contribution >= 4 is 35.2 Å². The van der Waals surface area contributed by atoms with Crippen molar-refractivity contribution in [2.75, 3.05) is 11.9 Å². The fourth-order valence-corrected chi connectivity index (χ4v) is 2.57. The first-order valence-electron chi connectivity index (χ1n) is 8.22. The maximum Gasteiger partial charge on any atom is 0.256 e. The molecular weight excluding hydrogens is 369 g/mol. The minimum atomic E-state index is -0.490. The molecule has 1 amide bonds. The lowest BCUT2D eigenvalue weighted by molar-refractivity contribution is 0.0978. The van der Waals surface area contributed by atoms with Gasteiger partial charge in [0.05, 0.1) is 18.4 Å². The molecule has 6 nitrogen and oxygen atoms in total. The van der Waals surface area contributed by atoms with Crippen molar-refractivity contribution in [1.29, 1.82) is 0 Å². The van der Waals surface area contributed by atoms with Crippen LogP contribution < -0.4 is 10.6 Å². The predicted molar refractivity (Wildman–Crippen MR) is 104 cm³/mol. The zero-order chi connectivity index (χ0) is 19.1. The number of anilines is 1. The molecule has 0 atom stereocenters. The Bertz CT molecular complexity index is 943. The van der Waals surface area contributed by atoms with E-state index in [2.05, 4.69) is 25.6 Å². The van der Waals surface area contributed by atoms with E-state index in [9.17, 15) is 9.18 Å². The second-order valence-corrected chi connectivity index (χ2v) is 6.07. The lowest BCUT2D eigenvalue weighted by Gasteiger charge is -2.08. The number of aliphatic imine (C=N–C) groups is 1. The number of aromatic amines is 1. The molecule has 0 radical (unpaired) electrons. The molecule has 2 aromatic carbocycles. The van der Waals surface area contributed by atoms with Crippen molar-refractivity contribution in [3.05, 3.63) is 77.1 Å². The van der Waals surface area contributed by atoms with Crippen LogP contribution in [0.5, 0.6) is 0 Å². The van der Waals surface area contributed by atoms with Crippen LogP contribution in [0.15, 0.2) is 60.0 Å². The van der Waals surface area contributed by atoms with Gasteiger partial charge in [-0.1, -0.05) is 23.7 Å². The molecule has 138 valence electrons. The van der Waals surface area contributed by atoms with Gasteiger partial charge >= 0.3 is 0 Å². The number of carbonyl (C=O) groups excluding carboxylic acids is 1. The minimum Gasteiger partial charge on any atom is -0.382 e. The first-order chi connectivity index (χ1) is 13.1. The van der Waals surface area contributed by atoms with E-state index in [1.165, 1.54) is 12.1 Å². The molecule has 1 aromatic heterocycles. The second-order valence-electron chi connectivity index (χ2n) is 5.63. The Morgan fingerprint density at radius 2 is 2.15 bits per heavy atom. The van der Waals surface area contributed by atoms with Gasteiger partial charge in [-0.15, -0.1) is 0 Å². The number of carbonyl (C=O) groups is 1. The highest BCUT2D eigenvalue weighted by atomic mass is 35.5. The van der Waals surface area contributed by atoms with Gasteiger partial charge in [0.2, 0.25) is 0 Å². The van der Waals surface area contributed by atoms with E-state index in [-0.39, 0.29) is 11.6 Å². The normalized spacial score (nSPS) is 10.9. The Morgan fingerprint density at radius 3 is 2.93 bits per heavy atom. The molecule has 3 N–H and O–H groups in total. The monoisotopic (exact) mass is 385 g/mol. The summed E-state index contributed by atoms with van der Waals surface area (Å²) in [4.78, 5) is 22.9. The highest BCUT2D eigenvalue weighted by molar-refractivity contribution is 6.31. The highest BCUT2D eigenvalue weighted by Crippen LogP contribution is 2.24. The molecule has 1 heterocycles. The van der Waals surface area contributed by atoms with Crippen molar-refractivity contribution in [3.63, 3.8) is 0 Å². The van der Waals surface area contributed by atoms with E-state index < -0.39 is 5.82 Å². The van der Waals surface area contributed by atoms with Gasteiger partial charge in [0.15, 0.2) is 5.82 Å². The quantitative estimate of drug-likeness (QED) is 0.425. The summed E-state index contributed by atoms with van der Waals surface area (Å²) in [6.45, 7) is 0.539. The van der Waals surface area contributed by atoms with Gasteiger partial charge in [-0.25, -0.2) is 14.4 Å². The zero-order valence-electron chi connectivity index (χ0n) is 14.2. The first kappa shape index (κ1) is 18.6. The van der Waals surface area contributed by atoms with Gasteiger partial charge in [-0.3, -0.25) is 4.79 Å². The average Bonchev–Trinajstić information content (AvgIpc) is 3.18. The smallest absolute Gasteiger partial charge is 0.256 e. The van der Waals surface area contributed by atoms with Crippen molar-refractivity contribution in [2.24, 2.45) is 4.99 Å². The molecule has 0 aliphatic carbocycles. The third-order valence-corrected chi connectivity index (χ3v) is 3.96. The second kappa shape index (κ2) is 8.95. The molecule has 0 aliphatic rings. The fourth-order valence-electron chi connectivity index (χ4n) is 2.38. The molecular formula is C19H17ClFN5O. The Labute approximate surface area is 160 Å². The summed E-state index contributed by atoms with van der Waals surface area (Å²) >= 11 is 5.86. The van der Waals surface area contributed by atoms with Crippen molar-refractivity contribution in [2.45, 2.75) is 6.42 Å². The van der Waals surface area contributed by atoms with Gasteiger partial charge in [0, 0.05) is 35.4 Å². The van der Waals surface area contributed by atoms with Crippen LogP contribution in [-0.2, 0) is 6.42 Å². The topological polar surface area (TPSA) is 82.2 Å². The molecule has 0 aliphatic heterocycles. The maximum atomic E-state index is 14.5. The minimum absolute atomic E-state index is 0.118. The molecule has 27 heavy (non-hydrogen) atoms. The lowest BCUT2D eigenvalue weighted by Crippen LogP contribution is -2.21. The van der Waals surface area contributed by atoms with Crippen LogP contribution in [0.3, 0.4) is 0 Å². The molecule has 3 rings (SSSR count). The molecule has 0 spiro atoms. The van der Waals surface area contributed by atoms with Crippen LogP contribution in [0, 0.1) is 5.82 Å². The van der Waals surface area contributed by atoms with E-state index in [1.54, 1.807) is 42.9 Å². The summed E-state index contributed by atoms with van der Waals surface area (Å²) in [5, 5.41) is 5.98. The van der Waals surface area contributed by atoms with Crippen LogP contribution in [0.1, 0.15) is 16.1 Å². The van der Waals surface area contributed by atoms with Gasteiger partial charge in [-0.05, 0) is 30.3 Å². The Hall–Kier alpha value is -3.19. The Morgan fingerprint density at radius 1 is 1.30 bits per heavy atom. The van der Waals surface area contributed by atoms with Gasteiger partial charge in [0.1, 0.15) is 5.69 Å². The van der Waals surface area contributed by atoms with E-state index in [1.807, 2.05) is 0 Å². The molecule has 0 saturated heterocycles. The summed E-state index contributed by atoms with van der Waals surface area (Å²) in [5.41, 5.74) is 1.81. The van der Waals surface area contributed by atoms with Crippen LogP contribution in [0.2, 0.25) is 5.02 Å². The summed E-state index contributed by atoms with van der Waals surface area (Å²) in [6.07, 6.45) is 5.17. The molecule has 0 fully saturated rings. The predicted octanol–water partition coefficient (Wildman–Crippen LogP) is 3.95. The van der Waals surface area contributed by atoms with Crippen molar-refractivity contribution in [1.82, 2.24) is 15.3 Å². The maximum absolute atomic E-state index is 14.5. The molecule has 8 heteroatoms. The number of halogens is 2. The summed E-state index contributed by atoms with van der Waals surface area (Å²) < 4.78 is 14.5. The summed E-state index contributed by atoms with van der Waals surface area (Å²) in [6, 6.07) is 11.4. The highest BCUT2D eigenvalue weighted by Gasteiger charge is 2.08. The first-order valence-corrected chi connectivity index (χ1v) is 8.60. The number of hydrogen-bond acceptors (Lipinski definition) is 4. The van der Waals surface area contributed by atoms with E-state index >= 15 is 0 Å². The van der Waals surface area contributed by atoms with Gasteiger partial charge in [-0.2, -0.15) is 0 Å². The van der Waals surface area contributed by atoms with Gasteiger partial charge in [0.25, 0.3) is 5.91 Å². The van der Waals surface area contributed by atoms with Crippen LogP contribution in [-0.4, -0.2) is 28.8 Å². The number of nitrogens with zero attached hydrogens (tertiary/aromatic N) is 2. The van der Waals surface area contributed by atoms with E-state index in [0.29, 0.717) is 29.2 Å². The largest absolute Gasteiger partial charge is 0.382 e. The Kier molecular flexibility index (Phi) is 6.17. The third-order valence-electron chi connectivity index (χ3n) is 3.73. The zero-order valence-corrected chi connectivity index (χ0v) is 15.0. The van der Waals surface area contributed by atoms with Gasteiger partial charge < -0.3 is 15.6 Å². The number of H-pyrrole nitrogens is 1. The molecule has 0 saturated carbocycles. The lowest BCUT2D eigenvalue weighted by atomic mass is 10.2. The molecule has 0 bridgehead atoms. The average molecular weight is 386 g/mol. The van der Waals surface area contributed by atoms with Crippen molar-refractivity contribution < 1.29 is 9.18 Å². The van der Waals surface area contributed by atoms with Crippen molar-refractivity contribution in [3.8, 4) is 0 Å². The third kappa shape index (κ3) is 5.15. The van der Waals surface area contributed by atoms with Crippen LogP contribution in [0.25, 0.3) is 0 Å². The number of benzene rings is 2. The number of amides is 1. The van der Waals surface area contributed by atoms with E-state index in [0.717, 1.165) is 12.0 Å². The van der Waals surface area contributed by atoms with Crippen LogP contribution >= 0.6 is 11.6 Å². The molecule has 3 aromatic rings.